The first kappa shape index (κ1) is 12.4. The molecule has 3 aromatic rings. The summed E-state index contributed by atoms with van der Waals surface area (Å²) < 4.78 is 5.63. The van der Waals surface area contributed by atoms with E-state index in [0.717, 1.165) is 23.8 Å². The van der Waals surface area contributed by atoms with E-state index in [4.69, 9.17) is 4.42 Å². The highest BCUT2D eigenvalue weighted by Gasteiger charge is 2.28. The largest absolute Gasteiger partial charge is 0.469 e. The predicted octanol–water partition coefficient (Wildman–Crippen LogP) is 3.65. The van der Waals surface area contributed by atoms with Gasteiger partial charge in [-0.1, -0.05) is 30.3 Å². The van der Waals surface area contributed by atoms with Crippen molar-refractivity contribution in [2.45, 2.75) is 31.1 Å². The monoisotopic (exact) mass is 279 g/mol. The van der Waals surface area contributed by atoms with Gasteiger partial charge in [-0.2, -0.15) is 5.10 Å². The summed E-state index contributed by atoms with van der Waals surface area (Å²) >= 11 is 0. The predicted molar refractivity (Wildman–Crippen MR) is 79.1 cm³/mol. The minimum atomic E-state index is 0.168. The maximum Gasteiger partial charge on any atom is 0.153 e. The second kappa shape index (κ2) is 5.20. The molecule has 1 N–H and O–H groups in total. The van der Waals surface area contributed by atoms with Crippen molar-refractivity contribution in [3.63, 3.8) is 0 Å². The Morgan fingerprint density at radius 1 is 1.14 bits per heavy atom. The van der Waals surface area contributed by atoms with Crippen molar-refractivity contribution in [3.8, 4) is 0 Å². The molecule has 0 unspecified atom stereocenters. The minimum absolute atomic E-state index is 0.168. The Bertz CT molecular complexity index is 699. The van der Waals surface area contributed by atoms with Crippen LogP contribution in [0, 0.1) is 0 Å². The molecule has 0 aliphatic heterocycles. The van der Waals surface area contributed by atoms with Crippen LogP contribution < -0.4 is 0 Å². The molecule has 0 radical (unpaired) electrons. The van der Waals surface area contributed by atoms with Crippen LogP contribution in [0.4, 0.5) is 0 Å². The van der Waals surface area contributed by atoms with Gasteiger partial charge in [-0.3, -0.25) is 5.10 Å². The van der Waals surface area contributed by atoms with Crippen molar-refractivity contribution in [3.05, 3.63) is 71.7 Å². The molecule has 0 amide bonds. The van der Waals surface area contributed by atoms with Crippen LogP contribution in [0.5, 0.6) is 0 Å². The lowest BCUT2D eigenvalue weighted by atomic mass is 9.93. The molecule has 2 heterocycles. The number of nitrogens with zero attached hydrogens (tertiary/aromatic N) is 2. The van der Waals surface area contributed by atoms with Gasteiger partial charge in [-0.25, -0.2) is 4.98 Å². The van der Waals surface area contributed by atoms with Crippen molar-refractivity contribution in [1.29, 1.82) is 0 Å². The average molecular weight is 279 g/mol. The zero-order valence-electron chi connectivity index (χ0n) is 11.7. The first-order valence-electron chi connectivity index (χ1n) is 7.39. The zero-order valence-corrected chi connectivity index (χ0v) is 11.7. The Balaban J connectivity index is 1.62. The van der Waals surface area contributed by atoms with Gasteiger partial charge in [0.2, 0.25) is 0 Å². The Labute approximate surface area is 123 Å². The molecule has 1 aromatic carbocycles. The van der Waals surface area contributed by atoms with E-state index in [0.29, 0.717) is 5.92 Å². The van der Waals surface area contributed by atoms with E-state index in [1.807, 2.05) is 18.2 Å². The van der Waals surface area contributed by atoms with Crippen LogP contribution in [0.2, 0.25) is 0 Å². The quantitative estimate of drug-likeness (QED) is 0.775. The van der Waals surface area contributed by atoms with Gasteiger partial charge in [0.15, 0.2) is 5.82 Å². The van der Waals surface area contributed by atoms with Crippen LogP contribution in [-0.4, -0.2) is 15.2 Å². The number of rotatable bonds is 5. The summed E-state index contributed by atoms with van der Waals surface area (Å²) in [6.07, 6.45) is 4.94. The van der Waals surface area contributed by atoms with Crippen molar-refractivity contribution in [2.75, 3.05) is 0 Å². The van der Waals surface area contributed by atoms with E-state index in [-0.39, 0.29) is 5.92 Å². The van der Waals surface area contributed by atoms with Crippen LogP contribution in [-0.2, 0) is 6.42 Å². The molecule has 4 rings (SSSR count). The number of furan rings is 1. The molecular weight excluding hydrogens is 262 g/mol. The third-order valence-corrected chi connectivity index (χ3v) is 3.98. The third-order valence-electron chi connectivity index (χ3n) is 3.98. The lowest BCUT2D eigenvalue weighted by Crippen LogP contribution is -2.05. The summed E-state index contributed by atoms with van der Waals surface area (Å²) in [6.45, 7) is 0. The molecule has 21 heavy (non-hydrogen) atoms. The highest BCUT2D eigenvalue weighted by atomic mass is 16.3. The molecule has 0 bridgehead atoms. The van der Waals surface area contributed by atoms with E-state index < -0.39 is 0 Å². The fraction of sp³-hybridized carbons (Fsp3) is 0.294. The lowest BCUT2D eigenvalue weighted by Gasteiger charge is -2.13. The van der Waals surface area contributed by atoms with Crippen LogP contribution in [0.3, 0.4) is 0 Å². The van der Waals surface area contributed by atoms with Gasteiger partial charge in [0, 0.05) is 18.3 Å². The van der Waals surface area contributed by atoms with Gasteiger partial charge < -0.3 is 4.42 Å². The number of hydrogen-bond acceptors (Lipinski definition) is 3. The van der Waals surface area contributed by atoms with Crippen molar-refractivity contribution < 1.29 is 4.42 Å². The molecule has 0 saturated heterocycles. The fourth-order valence-electron chi connectivity index (χ4n) is 2.68. The minimum Gasteiger partial charge on any atom is -0.469 e. The van der Waals surface area contributed by atoms with Crippen molar-refractivity contribution in [2.24, 2.45) is 0 Å². The zero-order chi connectivity index (χ0) is 14.1. The molecule has 1 atom stereocenters. The number of aromatic amines is 1. The summed E-state index contributed by atoms with van der Waals surface area (Å²) in [5, 5.41) is 7.43. The topological polar surface area (TPSA) is 54.7 Å². The summed E-state index contributed by atoms with van der Waals surface area (Å²) in [4.78, 5) is 4.64. The number of nitrogens with one attached hydrogen (secondary N) is 1. The third kappa shape index (κ3) is 2.61. The normalized spacial score (nSPS) is 16.0. The van der Waals surface area contributed by atoms with Gasteiger partial charge in [-0.05, 0) is 30.5 Å². The summed E-state index contributed by atoms with van der Waals surface area (Å²) in [5.74, 6) is 3.61. The SMILES string of the molecule is c1ccc([C@H](Cc2nc(C3CC3)n[nH]2)c2ccco2)cc1. The standard InChI is InChI=1S/C17H17N3O/c1-2-5-12(6-3-1)14(15-7-4-10-21-15)11-16-18-17(20-19-16)13-8-9-13/h1-7,10,13-14H,8-9,11H2,(H,18,19,20)/t14-/m0/s1. The van der Waals surface area contributed by atoms with E-state index >= 15 is 0 Å². The Morgan fingerprint density at radius 3 is 2.71 bits per heavy atom. The maximum atomic E-state index is 5.63. The molecular formula is C17H17N3O. The number of H-pyrrole nitrogens is 1. The summed E-state index contributed by atoms with van der Waals surface area (Å²) in [7, 11) is 0. The Kier molecular flexibility index (Phi) is 3.07. The number of benzene rings is 1. The first-order chi connectivity index (χ1) is 10.4. The molecule has 1 aliphatic rings. The molecule has 106 valence electrons. The second-order valence-electron chi connectivity index (χ2n) is 5.60. The van der Waals surface area contributed by atoms with Gasteiger partial charge in [0.1, 0.15) is 11.6 Å². The molecule has 4 heteroatoms. The Morgan fingerprint density at radius 2 is 2.00 bits per heavy atom. The smallest absolute Gasteiger partial charge is 0.153 e. The molecule has 1 saturated carbocycles. The van der Waals surface area contributed by atoms with E-state index in [2.05, 4.69) is 39.4 Å². The van der Waals surface area contributed by atoms with Gasteiger partial charge >= 0.3 is 0 Å². The number of hydrogen-bond donors (Lipinski definition) is 1. The lowest BCUT2D eigenvalue weighted by molar-refractivity contribution is 0.481. The van der Waals surface area contributed by atoms with Crippen molar-refractivity contribution >= 4 is 0 Å². The van der Waals surface area contributed by atoms with Crippen molar-refractivity contribution in [1.82, 2.24) is 15.2 Å². The maximum absolute atomic E-state index is 5.63. The number of aromatic nitrogens is 3. The highest BCUT2D eigenvalue weighted by Crippen LogP contribution is 2.38. The molecule has 0 spiro atoms. The summed E-state index contributed by atoms with van der Waals surface area (Å²) in [6, 6.07) is 14.4. The van der Waals surface area contributed by atoms with Gasteiger partial charge in [0.05, 0.1) is 6.26 Å². The second-order valence-corrected chi connectivity index (χ2v) is 5.60. The van der Waals surface area contributed by atoms with E-state index in [1.165, 1.54) is 18.4 Å². The average Bonchev–Trinajstić information content (AvgIpc) is 3.04. The van der Waals surface area contributed by atoms with E-state index in [9.17, 15) is 0 Å². The molecule has 4 nitrogen and oxygen atoms in total. The summed E-state index contributed by atoms with van der Waals surface area (Å²) in [5.41, 5.74) is 1.23. The fourth-order valence-corrected chi connectivity index (χ4v) is 2.68. The molecule has 2 aromatic heterocycles. The molecule has 1 fully saturated rings. The van der Waals surface area contributed by atoms with E-state index in [1.54, 1.807) is 6.26 Å². The Hall–Kier alpha value is -2.36. The molecule has 1 aliphatic carbocycles. The van der Waals surface area contributed by atoms with Crippen LogP contribution >= 0.6 is 0 Å². The van der Waals surface area contributed by atoms with Crippen LogP contribution in [0.25, 0.3) is 0 Å². The van der Waals surface area contributed by atoms with Gasteiger partial charge in [0.25, 0.3) is 0 Å². The van der Waals surface area contributed by atoms with Gasteiger partial charge in [-0.15, -0.1) is 0 Å². The first-order valence-corrected chi connectivity index (χ1v) is 7.39. The highest BCUT2D eigenvalue weighted by molar-refractivity contribution is 5.28. The van der Waals surface area contributed by atoms with Crippen LogP contribution in [0.15, 0.2) is 53.1 Å². The van der Waals surface area contributed by atoms with Crippen LogP contribution in [0.1, 0.15) is 47.6 Å².